The second-order valence-corrected chi connectivity index (χ2v) is 10.4. The predicted molar refractivity (Wildman–Crippen MR) is 152 cm³/mol. The third kappa shape index (κ3) is 6.53. The number of nitrogens with zero attached hydrogens (tertiary/aromatic N) is 2. The number of aryl methyl sites for hydroxylation is 1. The van der Waals surface area contributed by atoms with Crippen LogP contribution in [0.1, 0.15) is 53.2 Å². The number of ether oxygens (including phenoxy) is 1. The molecular weight excluding hydrogens is 504 g/mol. The van der Waals surface area contributed by atoms with E-state index in [-0.39, 0.29) is 17.8 Å². The van der Waals surface area contributed by atoms with E-state index < -0.39 is 6.04 Å². The molecule has 2 heterocycles. The molecule has 194 valence electrons. The average Bonchev–Trinajstić information content (AvgIpc) is 3.43. The Morgan fingerprint density at radius 2 is 1.86 bits per heavy atom. The fourth-order valence-electron chi connectivity index (χ4n) is 4.38. The number of thiazole rings is 1. The van der Waals surface area contributed by atoms with Crippen molar-refractivity contribution in [2.24, 2.45) is 0 Å². The first kappa shape index (κ1) is 26.8. The van der Waals surface area contributed by atoms with Crippen molar-refractivity contribution < 1.29 is 14.3 Å². The third-order valence-corrected chi connectivity index (χ3v) is 8.00. The molecule has 3 aromatic rings. The molecule has 0 saturated carbocycles. The molecule has 2 aromatic carbocycles. The Hall–Kier alpha value is -3.30. The average molecular weight is 537 g/mol. The fourth-order valence-corrected chi connectivity index (χ4v) is 5.68. The molecule has 1 aromatic heterocycles. The monoisotopic (exact) mass is 536 g/mol. The summed E-state index contributed by atoms with van der Waals surface area (Å²) in [7, 11) is 1.38. The zero-order valence-corrected chi connectivity index (χ0v) is 23.0. The number of benzene rings is 2. The molecule has 9 heteroatoms. The maximum absolute atomic E-state index is 13.1. The van der Waals surface area contributed by atoms with E-state index in [0.29, 0.717) is 17.2 Å². The first-order chi connectivity index (χ1) is 17.9. The Morgan fingerprint density at radius 3 is 2.54 bits per heavy atom. The van der Waals surface area contributed by atoms with Gasteiger partial charge in [0.25, 0.3) is 5.91 Å². The van der Waals surface area contributed by atoms with Crippen LogP contribution in [0.2, 0.25) is 0 Å². The van der Waals surface area contributed by atoms with Crippen LogP contribution >= 0.6 is 23.6 Å². The normalized spacial score (nSPS) is 14.6. The fraction of sp³-hybridized carbons (Fsp3) is 0.357. The van der Waals surface area contributed by atoms with E-state index in [1.165, 1.54) is 24.0 Å². The van der Waals surface area contributed by atoms with Crippen molar-refractivity contribution >= 4 is 46.2 Å². The summed E-state index contributed by atoms with van der Waals surface area (Å²) in [6.45, 7) is 5.50. The minimum Gasteiger partial charge on any atom is -0.467 e. The Kier molecular flexibility index (Phi) is 8.89. The standard InChI is InChI=1S/C28H32N4O3S2/c1-4-22(27(34)35-3)31-28(36)32-15-13-20(14-16-32)26-30-24(17-37-26)25(33)29-23-8-6-5-7-21(23)19-11-9-18(2)10-12-19/h5-12,17,20,22H,4,13-16H2,1-3H3,(H,29,33)(H,31,36). The van der Waals surface area contributed by atoms with Crippen LogP contribution in [0.3, 0.4) is 0 Å². The van der Waals surface area contributed by atoms with Gasteiger partial charge in [0.1, 0.15) is 11.7 Å². The van der Waals surface area contributed by atoms with Crippen LogP contribution in [0.15, 0.2) is 53.9 Å². The van der Waals surface area contributed by atoms with Gasteiger partial charge in [-0.2, -0.15) is 0 Å². The van der Waals surface area contributed by atoms with Crippen LogP contribution in [0.5, 0.6) is 0 Å². The number of esters is 1. The van der Waals surface area contributed by atoms with Crippen molar-refractivity contribution in [2.45, 2.75) is 45.1 Å². The topological polar surface area (TPSA) is 83.6 Å². The number of hydrogen-bond donors (Lipinski definition) is 2. The van der Waals surface area contributed by atoms with Gasteiger partial charge in [0.05, 0.1) is 12.1 Å². The number of nitrogens with one attached hydrogen (secondary N) is 2. The van der Waals surface area contributed by atoms with Gasteiger partial charge in [-0.3, -0.25) is 4.79 Å². The zero-order chi connectivity index (χ0) is 26.4. The Balaban J connectivity index is 1.36. The molecule has 7 nitrogen and oxygen atoms in total. The van der Waals surface area contributed by atoms with Gasteiger partial charge in [0.2, 0.25) is 0 Å². The highest BCUT2D eigenvalue weighted by Gasteiger charge is 2.27. The number of thiocarbonyl (C=S) groups is 1. The summed E-state index contributed by atoms with van der Waals surface area (Å²) >= 11 is 7.06. The van der Waals surface area contributed by atoms with E-state index in [0.717, 1.165) is 47.8 Å². The zero-order valence-electron chi connectivity index (χ0n) is 21.3. The number of carbonyl (C=O) groups is 2. The third-order valence-electron chi connectivity index (χ3n) is 6.62. The summed E-state index contributed by atoms with van der Waals surface area (Å²) in [6, 6.07) is 15.6. The maximum Gasteiger partial charge on any atom is 0.328 e. The lowest BCUT2D eigenvalue weighted by Crippen LogP contribution is -2.49. The van der Waals surface area contributed by atoms with Crippen molar-refractivity contribution in [3.8, 4) is 11.1 Å². The molecule has 1 amide bonds. The summed E-state index contributed by atoms with van der Waals surface area (Å²) in [5.41, 5.74) is 4.41. The molecular formula is C28H32N4O3S2. The molecule has 0 radical (unpaired) electrons. The second kappa shape index (κ2) is 12.3. The molecule has 1 unspecified atom stereocenters. The molecule has 1 saturated heterocycles. The van der Waals surface area contributed by atoms with E-state index in [2.05, 4.69) is 51.7 Å². The SMILES string of the molecule is CCC(NC(=S)N1CCC(c2nc(C(=O)Nc3ccccc3-c3ccc(C)cc3)cs2)CC1)C(=O)OC. The van der Waals surface area contributed by atoms with Crippen LogP contribution < -0.4 is 10.6 Å². The number of rotatable bonds is 7. The van der Waals surface area contributed by atoms with Gasteiger partial charge in [-0.15, -0.1) is 11.3 Å². The van der Waals surface area contributed by atoms with Crippen LogP contribution in [-0.4, -0.2) is 53.1 Å². The molecule has 0 spiro atoms. The van der Waals surface area contributed by atoms with E-state index in [1.807, 2.05) is 36.6 Å². The van der Waals surface area contributed by atoms with Crippen molar-refractivity contribution in [2.75, 3.05) is 25.5 Å². The van der Waals surface area contributed by atoms with Crippen molar-refractivity contribution in [1.82, 2.24) is 15.2 Å². The predicted octanol–water partition coefficient (Wildman–Crippen LogP) is 5.38. The second-order valence-electron chi connectivity index (χ2n) is 9.13. The van der Waals surface area contributed by atoms with Crippen LogP contribution in [0.4, 0.5) is 5.69 Å². The number of methoxy groups -OCH3 is 1. The van der Waals surface area contributed by atoms with Gasteiger partial charge < -0.3 is 20.3 Å². The molecule has 1 aliphatic heterocycles. The van der Waals surface area contributed by atoms with E-state index in [1.54, 1.807) is 0 Å². The summed E-state index contributed by atoms with van der Waals surface area (Å²) in [4.78, 5) is 31.7. The van der Waals surface area contributed by atoms with Crippen molar-refractivity contribution in [3.05, 3.63) is 70.2 Å². The Labute approximate surface area is 227 Å². The summed E-state index contributed by atoms with van der Waals surface area (Å²) < 4.78 is 4.84. The molecule has 1 aliphatic rings. The first-order valence-corrected chi connectivity index (χ1v) is 13.7. The maximum atomic E-state index is 13.1. The lowest BCUT2D eigenvalue weighted by Gasteiger charge is -2.34. The van der Waals surface area contributed by atoms with E-state index >= 15 is 0 Å². The molecule has 1 atom stereocenters. The largest absolute Gasteiger partial charge is 0.467 e. The smallest absolute Gasteiger partial charge is 0.328 e. The quantitative estimate of drug-likeness (QED) is 0.310. The highest BCUT2D eigenvalue weighted by molar-refractivity contribution is 7.80. The van der Waals surface area contributed by atoms with Crippen LogP contribution in [0.25, 0.3) is 11.1 Å². The molecule has 1 fully saturated rings. The van der Waals surface area contributed by atoms with Gasteiger partial charge in [-0.05, 0) is 50.0 Å². The van der Waals surface area contributed by atoms with Crippen LogP contribution in [0, 0.1) is 6.92 Å². The molecule has 2 N–H and O–H groups in total. The number of para-hydroxylation sites is 1. The van der Waals surface area contributed by atoms with Gasteiger partial charge in [-0.1, -0.05) is 55.0 Å². The highest BCUT2D eigenvalue weighted by atomic mass is 32.1. The lowest BCUT2D eigenvalue weighted by molar-refractivity contribution is -0.142. The number of hydrogen-bond acceptors (Lipinski definition) is 6. The van der Waals surface area contributed by atoms with Gasteiger partial charge in [-0.25, -0.2) is 9.78 Å². The highest BCUT2D eigenvalue weighted by Crippen LogP contribution is 2.32. The van der Waals surface area contributed by atoms with Gasteiger partial charge >= 0.3 is 5.97 Å². The van der Waals surface area contributed by atoms with E-state index in [4.69, 9.17) is 17.0 Å². The number of likely N-dealkylation sites (tertiary alicyclic amines) is 1. The summed E-state index contributed by atoms with van der Waals surface area (Å²) in [5.74, 6) is -0.249. The number of amides is 1. The first-order valence-electron chi connectivity index (χ1n) is 12.5. The number of piperidine rings is 1. The van der Waals surface area contributed by atoms with E-state index in [9.17, 15) is 9.59 Å². The number of carbonyl (C=O) groups excluding carboxylic acids is 2. The lowest BCUT2D eigenvalue weighted by atomic mass is 9.98. The molecule has 4 rings (SSSR count). The Bertz CT molecular complexity index is 1250. The number of anilines is 1. The van der Waals surface area contributed by atoms with Gasteiger partial charge in [0, 0.05) is 35.6 Å². The minimum atomic E-state index is -0.439. The van der Waals surface area contributed by atoms with Crippen molar-refractivity contribution in [1.29, 1.82) is 0 Å². The summed E-state index contributed by atoms with van der Waals surface area (Å²) in [6.07, 6.45) is 2.35. The van der Waals surface area contributed by atoms with Gasteiger partial charge in [0.15, 0.2) is 5.11 Å². The van der Waals surface area contributed by atoms with Crippen molar-refractivity contribution in [3.63, 3.8) is 0 Å². The molecule has 0 bridgehead atoms. The van der Waals surface area contributed by atoms with Crippen LogP contribution in [-0.2, 0) is 9.53 Å². The Morgan fingerprint density at radius 1 is 1.16 bits per heavy atom. The molecule has 37 heavy (non-hydrogen) atoms. The minimum absolute atomic E-state index is 0.210. The molecule has 0 aliphatic carbocycles. The summed E-state index contributed by atoms with van der Waals surface area (Å²) in [5, 5.41) is 9.54. The number of aromatic nitrogens is 1.